The molecule has 0 unspecified atom stereocenters. The molecule has 0 saturated carbocycles. The number of hydrogen-bond acceptors (Lipinski definition) is 3. The topological polar surface area (TPSA) is 58.6 Å². The van der Waals surface area contributed by atoms with Gasteiger partial charge in [0.25, 0.3) is 0 Å². The van der Waals surface area contributed by atoms with E-state index in [4.69, 9.17) is 9.94 Å². The predicted octanol–water partition coefficient (Wildman–Crippen LogP) is 1.11. The van der Waals surface area contributed by atoms with Gasteiger partial charge in [-0.3, -0.25) is 4.79 Å². The standard InChI is InChI=1S/C10H10FNO3/c11-7-2-1-6-3-8(5-10(13)14)12-15-9(6)4-7/h1-2,4,8,12H,3,5H2,(H,13,14)/t8-/m0/s1. The molecule has 15 heavy (non-hydrogen) atoms. The summed E-state index contributed by atoms with van der Waals surface area (Å²) in [5.74, 6) is -0.828. The molecule has 1 aliphatic rings. The Bertz CT molecular complexity index is 394. The summed E-state index contributed by atoms with van der Waals surface area (Å²) in [4.78, 5) is 15.5. The minimum Gasteiger partial charge on any atom is -0.481 e. The van der Waals surface area contributed by atoms with Gasteiger partial charge in [0, 0.05) is 6.07 Å². The number of carbonyl (C=O) groups is 1. The highest BCUT2D eigenvalue weighted by Crippen LogP contribution is 2.24. The van der Waals surface area contributed by atoms with Crippen molar-refractivity contribution >= 4 is 5.97 Å². The third-order valence-electron chi connectivity index (χ3n) is 2.25. The van der Waals surface area contributed by atoms with Gasteiger partial charge in [0.05, 0.1) is 12.5 Å². The number of aliphatic carboxylic acids is 1. The molecule has 4 nitrogen and oxygen atoms in total. The van der Waals surface area contributed by atoms with Crippen molar-refractivity contribution in [1.29, 1.82) is 0 Å². The summed E-state index contributed by atoms with van der Waals surface area (Å²) in [6.07, 6.45) is 0.513. The highest BCUT2D eigenvalue weighted by molar-refractivity contribution is 5.67. The van der Waals surface area contributed by atoms with E-state index in [0.29, 0.717) is 12.2 Å². The van der Waals surface area contributed by atoms with Gasteiger partial charge in [0.1, 0.15) is 5.82 Å². The number of carboxylic acids is 1. The molecule has 0 saturated heterocycles. The van der Waals surface area contributed by atoms with Crippen LogP contribution in [0.4, 0.5) is 4.39 Å². The van der Waals surface area contributed by atoms with Gasteiger partial charge in [0.15, 0.2) is 5.75 Å². The zero-order valence-corrected chi connectivity index (χ0v) is 7.87. The molecule has 1 heterocycles. The maximum atomic E-state index is 12.8. The van der Waals surface area contributed by atoms with Crippen LogP contribution in [0.1, 0.15) is 12.0 Å². The van der Waals surface area contributed by atoms with E-state index >= 15 is 0 Å². The highest BCUT2D eigenvalue weighted by Gasteiger charge is 2.21. The molecule has 0 radical (unpaired) electrons. The SMILES string of the molecule is O=C(O)C[C@@H]1Cc2ccc(F)cc2ON1. The van der Waals surface area contributed by atoms with E-state index in [1.54, 1.807) is 6.07 Å². The lowest BCUT2D eigenvalue weighted by Gasteiger charge is -2.24. The van der Waals surface area contributed by atoms with Gasteiger partial charge in [0.2, 0.25) is 0 Å². The molecule has 0 aromatic heterocycles. The lowest BCUT2D eigenvalue weighted by atomic mass is 10.0. The van der Waals surface area contributed by atoms with Gasteiger partial charge in [-0.2, -0.15) is 5.48 Å². The molecule has 2 N–H and O–H groups in total. The molecule has 5 heteroatoms. The van der Waals surface area contributed by atoms with Crippen LogP contribution >= 0.6 is 0 Å². The summed E-state index contributed by atoms with van der Waals surface area (Å²) in [5, 5.41) is 8.60. The average Bonchev–Trinajstić information content (AvgIpc) is 2.17. The fourth-order valence-corrected chi connectivity index (χ4v) is 1.57. The first-order valence-electron chi connectivity index (χ1n) is 4.58. The molecule has 0 bridgehead atoms. The number of carboxylic acid groups (broad SMARTS) is 1. The molecule has 1 aromatic rings. The van der Waals surface area contributed by atoms with Crippen molar-refractivity contribution in [1.82, 2.24) is 5.48 Å². The van der Waals surface area contributed by atoms with Crippen molar-refractivity contribution in [2.45, 2.75) is 18.9 Å². The quantitative estimate of drug-likeness (QED) is 0.769. The Morgan fingerprint density at radius 1 is 1.67 bits per heavy atom. The highest BCUT2D eigenvalue weighted by atomic mass is 19.1. The third kappa shape index (κ3) is 2.24. The number of rotatable bonds is 2. The second kappa shape index (κ2) is 3.86. The van der Waals surface area contributed by atoms with Gasteiger partial charge in [-0.15, -0.1) is 0 Å². The van der Waals surface area contributed by atoms with Crippen molar-refractivity contribution in [2.75, 3.05) is 0 Å². The smallest absolute Gasteiger partial charge is 0.305 e. The lowest BCUT2D eigenvalue weighted by Crippen LogP contribution is -2.39. The Labute approximate surface area is 85.6 Å². The van der Waals surface area contributed by atoms with Crippen molar-refractivity contribution in [2.24, 2.45) is 0 Å². The van der Waals surface area contributed by atoms with Gasteiger partial charge in [-0.05, 0) is 18.1 Å². The van der Waals surface area contributed by atoms with Crippen LogP contribution in [0, 0.1) is 5.82 Å². The maximum Gasteiger partial charge on any atom is 0.305 e. The fourth-order valence-electron chi connectivity index (χ4n) is 1.57. The van der Waals surface area contributed by atoms with E-state index in [2.05, 4.69) is 5.48 Å². The zero-order valence-electron chi connectivity index (χ0n) is 7.87. The van der Waals surface area contributed by atoms with E-state index in [1.165, 1.54) is 12.1 Å². The summed E-state index contributed by atoms with van der Waals surface area (Å²) in [6, 6.07) is 3.96. The van der Waals surface area contributed by atoms with Gasteiger partial charge < -0.3 is 9.94 Å². The summed E-state index contributed by atoms with van der Waals surface area (Å²) in [7, 11) is 0. The zero-order chi connectivity index (χ0) is 10.8. The fraction of sp³-hybridized carbons (Fsp3) is 0.300. The minimum absolute atomic E-state index is 0.0170. The molecule has 1 aromatic carbocycles. The molecule has 80 valence electrons. The van der Waals surface area contributed by atoms with Gasteiger partial charge >= 0.3 is 5.97 Å². The molecular weight excluding hydrogens is 201 g/mol. The summed E-state index contributed by atoms with van der Waals surface area (Å²) >= 11 is 0. The number of hydroxylamine groups is 1. The summed E-state index contributed by atoms with van der Waals surface area (Å²) < 4.78 is 12.8. The second-order valence-electron chi connectivity index (χ2n) is 3.47. The maximum absolute atomic E-state index is 12.8. The van der Waals surface area contributed by atoms with Crippen molar-refractivity contribution in [3.63, 3.8) is 0 Å². The van der Waals surface area contributed by atoms with E-state index in [0.717, 1.165) is 5.56 Å². The second-order valence-corrected chi connectivity index (χ2v) is 3.47. The van der Waals surface area contributed by atoms with E-state index in [-0.39, 0.29) is 18.3 Å². The Morgan fingerprint density at radius 3 is 3.20 bits per heavy atom. The van der Waals surface area contributed by atoms with Crippen molar-refractivity contribution in [3.05, 3.63) is 29.6 Å². The Balaban J connectivity index is 2.13. The number of halogens is 1. The lowest BCUT2D eigenvalue weighted by molar-refractivity contribution is -0.138. The summed E-state index contributed by atoms with van der Waals surface area (Å²) in [5.41, 5.74) is 3.41. The number of hydrogen-bond donors (Lipinski definition) is 2. The van der Waals surface area contributed by atoms with Crippen molar-refractivity contribution < 1.29 is 19.1 Å². The van der Waals surface area contributed by atoms with Gasteiger partial charge in [-0.25, -0.2) is 4.39 Å². The average molecular weight is 211 g/mol. The van der Waals surface area contributed by atoms with Gasteiger partial charge in [-0.1, -0.05) is 6.07 Å². The molecular formula is C10H10FNO3. The number of benzene rings is 1. The number of nitrogens with one attached hydrogen (secondary N) is 1. The third-order valence-corrected chi connectivity index (χ3v) is 2.25. The molecule has 0 amide bonds. The van der Waals surface area contributed by atoms with Crippen LogP contribution in [0.3, 0.4) is 0 Å². The van der Waals surface area contributed by atoms with Crippen LogP contribution in [0.15, 0.2) is 18.2 Å². The largest absolute Gasteiger partial charge is 0.481 e. The first kappa shape index (κ1) is 9.92. The predicted molar refractivity (Wildman–Crippen MR) is 49.9 cm³/mol. The Morgan fingerprint density at radius 2 is 2.47 bits per heavy atom. The van der Waals surface area contributed by atoms with Crippen molar-refractivity contribution in [3.8, 4) is 5.75 Å². The summed E-state index contributed by atoms with van der Waals surface area (Å²) in [6.45, 7) is 0. The van der Waals surface area contributed by atoms with E-state index < -0.39 is 5.97 Å². The normalized spacial score (nSPS) is 19.1. The molecule has 2 rings (SSSR count). The Kier molecular flexibility index (Phi) is 2.55. The Hall–Kier alpha value is -1.62. The van der Waals surface area contributed by atoms with Crippen LogP contribution in [0.25, 0.3) is 0 Å². The van der Waals surface area contributed by atoms with E-state index in [1.807, 2.05) is 0 Å². The molecule has 0 spiro atoms. The minimum atomic E-state index is -0.887. The van der Waals surface area contributed by atoms with Crippen LogP contribution in [0.5, 0.6) is 5.75 Å². The first-order chi connectivity index (χ1) is 7.15. The van der Waals surface area contributed by atoms with Crippen LogP contribution in [-0.4, -0.2) is 17.1 Å². The van der Waals surface area contributed by atoms with Crippen LogP contribution in [-0.2, 0) is 11.2 Å². The number of fused-ring (bicyclic) bond motifs is 1. The first-order valence-corrected chi connectivity index (χ1v) is 4.58. The van der Waals surface area contributed by atoms with E-state index in [9.17, 15) is 9.18 Å². The monoisotopic (exact) mass is 211 g/mol. The van der Waals surface area contributed by atoms with Crippen LogP contribution < -0.4 is 10.3 Å². The molecule has 1 atom stereocenters. The molecule has 1 aliphatic heterocycles. The molecule has 0 aliphatic carbocycles. The van der Waals surface area contributed by atoms with Crippen LogP contribution in [0.2, 0.25) is 0 Å². The molecule has 0 fully saturated rings.